The lowest BCUT2D eigenvalue weighted by Gasteiger charge is -2.43. The molecule has 0 spiro atoms. The van der Waals surface area contributed by atoms with Crippen LogP contribution in [-0.2, 0) is 0 Å². The first kappa shape index (κ1) is 10.0. The van der Waals surface area contributed by atoms with Gasteiger partial charge in [0, 0.05) is 0 Å². The van der Waals surface area contributed by atoms with Crippen molar-refractivity contribution >= 4 is 0 Å². The van der Waals surface area contributed by atoms with Gasteiger partial charge in [0.15, 0.2) is 0 Å². The van der Waals surface area contributed by atoms with Gasteiger partial charge in [-0.2, -0.15) is 0 Å². The van der Waals surface area contributed by atoms with Crippen molar-refractivity contribution in [3.05, 3.63) is 0 Å². The minimum atomic E-state index is -0.251. The molecule has 1 aliphatic rings. The van der Waals surface area contributed by atoms with E-state index in [9.17, 15) is 10.2 Å². The molecular weight excluding hydrogens is 152 g/mol. The summed E-state index contributed by atoms with van der Waals surface area (Å²) in [6, 6.07) is 0. The molecule has 1 rings (SSSR count). The molecule has 0 aliphatic heterocycles. The topological polar surface area (TPSA) is 40.5 Å². The highest BCUT2D eigenvalue weighted by atomic mass is 16.3. The lowest BCUT2D eigenvalue weighted by Crippen LogP contribution is -2.48. The van der Waals surface area contributed by atoms with E-state index in [1.807, 2.05) is 27.7 Å². The van der Waals surface area contributed by atoms with E-state index in [0.717, 1.165) is 0 Å². The quantitative estimate of drug-likeness (QED) is 0.577. The van der Waals surface area contributed by atoms with E-state index < -0.39 is 0 Å². The zero-order valence-electron chi connectivity index (χ0n) is 8.36. The monoisotopic (exact) mass is 172 g/mol. The van der Waals surface area contributed by atoms with Crippen molar-refractivity contribution in [2.45, 2.75) is 39.9 Å². The number of hydrogen-bond donors (Lipinski definition) is 2. The second kappa shape index (κ2) is 3.35. The lowest BCUT2D eigenvalue weighted by atomic mass is 9.67. The highest BCUT2D eigenvalue weighted by Gasteiger charge is 2.41. The van der Waals surface area contributed by atoms with Crippen molar-refractivity contribution in [3.63, 3.8) is 0 Å². The average Bonchev–Trinajstić information content (AvgIpc) is 2.08. The summed E-state index contributed by atoms with van der Waals surface area (Å²) in [5.74, 6) is 0.856. The first-order chi connectivity index (χ1) is 5.46. The summed E-state index contributed by atoms with van der Waals surface area (Å²) in [5, 5.41) is 19.6. The molecule has 2 heteroatoms. The summed E-state index contributed by atoms with van der Waals surface area (Å²) in [4.78, 5) is 0. The van der Waals surface area contributed by atoms with Crippen molar-refractivity contribution in [2.75, 3.05) is 0 Å². The molecule has 0 bridgehead atoms. The predicted octanol–water partition coefficient (Wildman–Crippen LogP) is 1.27. The molecular formula is C10H20O2. The fourth-order valence-electron chi connectivity index (χ4n) is 2.20. The fourth-order valence-corrected chi connectivity index (χ4v) is 2.20. The van der Waals surface area contributed by atoms with Crippen LogP contribution in [0, 0.1) is 23.7 Å². The van der Waals surface area contributed by atoms with Gasteiger partial charge in [0.1, 0.15) is 0 Å². The van der Waals surface area contributed by atoms with Gasteiger partial charge in [-0.1, -0.05) is 27.7 Å². The van der Waals surface area contributed by atoms with Crippen molar-refractivity contribution in [1.29, 1.82) is 0 Å². The van der Waals surface area contributed by atoms with Crippen LogP contribution in [-0.4, -0.2) is 22.4 Å². The summed E-state index contributed by atoms with van der Waals surface area (Å²) in [6.07, 6.45) is -0.503. The maximum Gasteiger partial charge on any atom is 0.0598 e. The molecule has 0 radical (unpaired) electrons. The molecule has 2 nitrogen and oxygen atoms in total. The van der Waals surface area contributed by atoms with Crippen molar-refractivity contribution in [3.8, 4) is 0 Å². The third-order valence-electron chi connectivity index (χ3n) is 3.81. The van der Waals surface area contributed by atoms with Crippen LogP contribution in [0.5, 0.6) is 0 Å². The molecule has 12 heavy (non-hydrogen) atoms. The van der Waals surface area contributed by atoms with Crippen molar-refractivity contribution < 1.29 is 10.2 Å². The maximum atomic E-state index is 9.79. The number of hydrogen-bond acceptors (Lipinski definition) is 2. The Morgan fingerprint density at radius 2 is 0.750 bits per heavy atom. The zero-order chi connectivity index (χ0) is 9.46. The van der Waals surface area contributed by atoms with Gasteiger partial charge in [0.25, 0.3) is 0 Å². The van der Waals surface area contributed by atoms with Gasteiger partial charge >= 0.3 is 0 Å². The first-order valence-corrected chi connectivity index (χ1v) is 4.83. The summed E-state index contributed by atoms with van der Waals surface area (Å²) < 4.78 is 0. The van der Waals surface area contributed by atoms with E-state index >= 15 is 0 Å². The van der Waals surface area contributed by atoms with Gasteiger partial charge in [-0.25, -0.2) is 0 Å². The summed E-state index contributed by atoms with van der Waals surface area (Å²) in [7, 11) is 0. The Bertz CT molecular complexity index is 99.4. The Kier molecular flexibility index (Phi) is 2.79. The molecule has 0 aromatic carbocycles. The molecule has 1 fully saturated rings. The van der Waals surface area contributed by atoms with E-state index in [4.69, 9.17) is 0 Å². The van der Waals surface area contributed by atoms with Gasteiger partial charge in [-0.15, -0.1) is 0 Å². The second-order valence-electron chi connectivity index (χ2n) is 4.42. The Hall–Kier alpha value is -0.0800. The number of aliphatic hydroxyl groups excluding tert-OH is 2. The predicted molar refractivity (Wildman–Crippen MR) is 48.7 cm³/mol. The largest absolute Gasteiger partial charge is 0.393 e. The van der Waals surface area contributed by atoms with E-state index in [0.29, 0.717) is 0 Å². The van der Waals surface area contributed by atoms with Crippen molar-refractivity contribution in [1.82, 2.24) is 0 Å². The lowest BCUT2D eigenvalue weighted by molar-refractivity contribution is -0.0969. The van der Waals surface area contributed by atoms with Gasteiger partial charge < -0.3 is 10.2 Å². The maximum absolute atomic E-state index is 9.79. The molecule has 0 unspecified atom stereocenters. The van der Waals surface area contributed by atoms with Gasteiger partial charge in [-0.05, 0) is 23.7 Å². The molecule has 72 valence electrons. The summed E-state index contributed by atoms with van der Waals surface area (Å²) in [5.41, 5.74) is 0. The van der Waals surface area contributed by atoms with Crippen LogP contribution in [0.15, 0.2) is 0 Å². The van der Waals surface area contributed by atoms with Crippen LogP contribution >= 0.6 is 0 Å². The molecule has 1 saturated carbocycles. The minimum absolute atomic E-state index is 0.214. The second-order valence-corrected chi connectivity index (χ2v) is 4.42. The molecule has 0 aromatic heterocycles. The van der Waals surface area contributed by atoms with Crippen LogP contribution < -0.4 is 0 Å². The smallest absolute Gasteiger partial charge is 0.0598 e. The van der Waals surface area contributed by atoms with Gasteiger partial charge in [0.2, 0.25) is 0 Å². The SMILES string of the molecule is C[C@@H]1[C@H](C)[C@H](O)[C@@H](C)[C@H](C)[C@H]1O. The highest BCUT2D eigenvalue weighted by Crippen LogP contribution is 2.37. The molecule has 1 aliphatic carbocycles. The van der Waals surface area contributed by atoms with E-state index in [1.165, 1.54) is 0 Å². The highest BCUT2D eigenvalue weighted by molar-refractivity contribution is 4.90. The Morgan fingerprint density at radius 3 is 0.917 bits per heavy atom. The number of aliphatic hydroxyl groups is 2. The van der Waals surface area contributed by atoms with Gasteiger partial charge in [-0.3, -0.25) is 0 Å². The fraction of sp³-hybridized carbons (Fsp3) is 1.00. The van der Waals surface area contributed by atoms with Crippen LogP contribution in [0.3, 0.4) is 0 Å². The van der Waals surface area contributed by atoms with Gasteiger partial charge in [0.05, 0.1) is 12.2 Å². The third-order valence-corrected chi connectivity index (χ3v) is 3.81. The molecule has 0 aromatic rings. The van der Waals surface area contributed by atoms with Crippen LogP contribution in [0.4, 0.5) is 0 Å². The van der Waals surface area contributed by atoms with Crippen LogP contribution in [0.1, 0.15) is 27.7 Å². The zero-order valence-corrected chi connectivity index (χ0v) is 8.36. The van der Waals surface area contributed by atoms with E-state index in [1.54, 1.807) is 0 Å². The molecule has 6 atom stereocenters. The Morgan fingerprint density at radius 1 is 0.583 bits per heavy atom. The number of rotatable bonds is 0. The Labute approximate surface area is 74.6 Å². The average molecular weight is 172 g/mol. The molecule has 0 heterocycles. The van der Waals surface area contributed by atoms with E-state index in [2.05, 4.69) is 0 Å². The normalized spacial score (nSPS) is 55.5. The summed E-state index contributed by atoms with van der Waals surface area (Å²) in [6.45, 7) is 8.06. The first-order valence-electron chi connectivity index (χ1n) is 4.83. The van der Waals surface area contributed by atoms with E-state index in [-0.39, 0.29) is 35.9 Å². The molecule has 0 amide bonds. The standard InChI is InChI=1S/C10H20O2/c1-5-6(2)10(12)8(4)7(3)9(5)11/h5-12H,1-4H3/t5-,6-,7-,8+,9+,10+/m0/s1. The third kappa shape index (κ3) is 1.38. The summed E-state index contributed by atoms with van der Waals surface area (Å²) >= 11 is 0. The molecule has 2 N–H and O–H groups in total. The minimum Gasteiger partial charge on any atom is -0.393 e. The van der Waals surface area contributed by atoms with Crippen LogP contribution in [0.25, 0.3) is 0 Å². The molecule has 0 saturated heterocycles. The Balaban J connectivity index is 2.76. The van der Waals surface area contributed by atoms with Crippen molar-refractivity contribution in [2.24, 2.45) is 23.7 Å². The van der Waals surface area contributed by atoms with Crippen LogP contribution in [0.2, 0.25) is 0 Å².